The van der Waals surface area contributed by atoms with Crippen molar-refractivity contribution in [2.45, 2.75) is 57.8 Å². The van der Waals surface area contributed by atoms with E-state index in [1.165, 1.54) is 19.2 Å². The quantitative estimate of drug-likeness (QED) is 0.409. The minimum atomic E-state index is -3.69. The van der Waals surface area contributed by atoms with Gasteiger partial charge in [-0.1, -0.05) is 12.1 Å². The molecule has 10 heteroatoms. The highest BCUT2D eigenvalue weighted by molar-refractivity contribution is 5.92. The molecule has 2 aromatic carbocycles. The number of methoxy groups -OCH3 is 1. The van der Waals surface area contributed by atoms with E-state index in [1.807, 2.05) is 6.92 Å². The van der Waals surface area contributed by atoms with Gasteiger partial charge in [0.2, 0.25) is 0 Å². The summed E-state index contributed by atoms with van der Waals surface area (Å²) < 4.78 is 60.6. The Labute approximate surface area is 207 Å². The molecule has 7 nitrogen and oxygen atoms in total. The van der Waals surface area contributed by atoms with Gasteiger partial charge in [-0.2, -0.15) is 8.78 Å². The maximum Gasteiger partial charge on any atom is 0.298 e. The molecule has 2 heterocycles. The van der Waals surface area contributed by atoms with Crippen LogP contribution in [0.3, 0.4) is 0 Å². The predicted molar refractivity (Wildman–Crippen MR) is 129 cm³/mol. The van der Waals surface area contributed by atoms with Crippen LogP contribution in [0.4, 0.5) is 19.0 Å². The van der Waals surface area contributed by atoms with Crippen molar-refractivity contribution in [2.75, 3.05) is 25.6 Å². The number of hydrogen-bond acceptors (Lipinski definition) is 7. The molecule has 0 amide bonds. The highest BCUT2D eigenvalue weighted by atomic mass is 19.3. The van der Waals surface area contributed by atoms with E-state index in [2.05, 4.69) is 15.3 Å². The number of alkyl halides is 2. The molecule has 0 bridgehead atoms. The molecule has 1 unspecified atom stereocenters. The van der Waals surface area contributed by atoms with Crippen LogP contribution in [0.2, 0.25) is 0 Å². The molecule has 194 valence electrons. The Kier molecular flexibility index (Phi) is 7.56. The number of hydrogen-bond donors (Lipinski definition) is 2. The van der Waals surface area contributed by atoms with Gasteiger partial charge in [0, 0.05) is 23.6 Å². The third-order valence-corrected chi connectivity index (χ3v) is 6.34. The average Bonchev–Trinajstić information content (AvgIpc) is 3.39. The Balaban J connectivity index is 1.70. The zero-order valence-electron chi connectivity index (χ0n) is 20.6. The molecule has 1 aliphatic rings. The van der Waals surface area contributed by atoms with E-state index in [0.29, 0.717) is 40.7 Å². The molecule has 0 spiro atoms. The van der Waals surface area contributed by atoms with E-state index in [0.717, 1.165) is 18.9 Å². The van der Waals surface area contributed by atoms with Crippen LogP contribution in [0, 0.1) is 12.7 Å². The van der Waals surface area contributed by atoms with Gasteiger partial charge in [-0.25, -0.2) is 14.4 Å². The fraction of sp³-hybridized carbons (Fsp3) is 0.462. The Morgan fingerprint density at radius 3 is 2.67 bits per heavy atom. The highest BCUT2D eigenvalue weighted by Gasteiger charge is 2.35. The van der Waals surface area contributed by atoms with Crippen molar-refractivity contribution in [1.82, 2.24) is 9.97 Å². The molecule has 3 atom stereocenters. The summed E-state index contributed by atoms with van der Waals surface area (Å²) in [6.45, 7) is 4.51. The molecule has 36 heavy (non-hydrogen) atoms. The summed E-state index contributed by atoms with van der Waals surface area (Å²) in [7, 11) is 1.54. The van der Waals surface area contributed by atoms with Gasteiger partial charge < -0.3 is 24.6 Å². The lowest BCUT2D eigenvalue weighted by molar-refractivity contribution is -0.0583. The van der Waals surface area contributed by atoms with Crippen LogP contribution in [-0.4, -0.2) is 47.6 Å². The summed E-state index contributed by atoms with van der Waals surface area (Å²) in [6.07, 6.45) is 1.65. The maximum atomic E-state index is 15.0. The molecule has 0 radical (unpaired) electrons. The molecule has 2 N–H and O–H groups in total. The lowest BCUT2D eigenvalue weighted by Gasteiger charge is -2.23. The first-order valence-electron chi connectivity index (χ1n) is 11.8. The largest absolute Gasteiger partial charge is 0.493 e. The molecule has 1 aromatic heterocycles. The van der Waals surface area contributed by atoms with E-state index in [-0.39, 0.29) is 17.8 Å². The van der Waals surface area contributed by atoms with Crippen molar-refractivity contribution < 1.29 is 32.5 Å². The standard InChI is InChI=1S/C26H30F3N3O4/c1-14(17-7-5-8-19(24(17)27)26(28,29)13-33)30-25-18-11-23(36-15(2)21-9-6-10-35-21)22(34-4)12-20(18)31-16(3)32-25/h5,7-8,11-12,14-15,21,33H,6,9-10,13H2,1-4H3,(H,30,31,32)/t14-,15?,21+/m1/s1. The predicted octanol–water partition coefficient (Wildman–Crippen LogP) is 5.29. The van der Waals surface area contributed by atoms with Gasteiger partial charge >= 0.3 is 0 Å². The number of nitrogens with one attached hydrogen (secondary N) is 1. The molecular weight excluding hydrogens is 475 g/mol. The van der Waals surface area contributed by atoms with Crippen molar-refractivity contribution in [2.24, 2.45) is 0 Å². The van der Waals surface area contributed by atoms with Crippen LogP contribution in [-0.2, 0) is 10.7 Å². The van der Waals surface area contributed by atoms with Crippen LogP contribution >= 0.6 is 0 Å². The van der Waals surface area contributed by atoms with E-state index >= 15 is 4.39 Å². The Morgan fingerprint density at radius 1 is 1.22 bits per heavy atom. The first kappa shape index (κ1) is 26.0. The third kappa shape index (κ3) is 5.19. The fourth-order valence-corrected chi connectivity index (χ4v) is 4.40. The molecule has 1 aliphatic heterocycles. The van der Waals surface area contributed by atoms with Crippen molar-refractivity contribution in [1.29, 1.82) is 0 Å². The minimum Gasteiger partial charge on any atom is -0.493 e. The number of fused-ring (bicyclic) bond motifs is 1. The Bertz CT molecular complexity index is 1230. The van der Waals surface area contributed by atoms with Crippen LogP contribution in [0.1, 0.15) is 49.7 Å². The molecule has 3 aromatic rings. The Morgan fingerprint density at radius 2 is 2.00 bits per heavy atom. The third-order valence-electron chi connectivity index (χ3n) is 6.34. The lowest BCUT2D eigenvalue weighted by Crippen LogP contribution is -2.28. The number of aromatic nitrogens is 2. The molecule has 4 rings (SSSR count). The van der Waals surface area contributed by atoms with Gasteiger partial charge in [-0.3, -0.25) is 0 Å². The Hall–Kier alpha value is -3.11. The van der Waals surface area contributed by atoms with Crippen molar-refractivity contribution in [3.63, 3.8) is 0 Å². The zero-order valence-corrected chi connectivity index (χ0v) is 20.6. The number of halogens is 3. The van der Waals surface area contributed by atoms with Crippen LogP contribution in [0.5, 0.6) is 11.5 Å². The summed E-state index contributed by atoms with van der Waals surface area (Å²) in [6, 6.07) is 6.48. The maximum absolute atomic E-state index is 15.0. The number of nitrogens with zero attached hydrogens (tertiary/aromatic N) is 2. The smallest absolute Gasteiger partial charge is 0.298 e. The summed E-state index contributed by atoms with van der Waals surface area (Å²) in [5, 5.41) is 12.7. The average molecular weight is 506 g/mol. The second-order valence-electron chi connectivity index (χ2n) is 8.95. The van der Waals surface area contributed by atoms with Gasteiger partial charge in [-0.05, 0) is 45.7 Å². The summed E-state index contributed by atoms with van der Waals surface area (Å²) in [4.78, 5) is 8.97. The fourth-order valence-electron chi connectivity index (χ4n) is 4.40. The van der Waals surface area contributed by atoms with Crippen molar-refractivity contribution >= 4 is 16.7 Å². The normalized spacial score (nSPS) is 17.7. The number of ether oxygens (including phenoxy) is 3. The number of aliphatic hydroxyl groups is 1. The molecule has 0 saturated carbocycles. The van der Waals surface area contributed by atoms with Gasteiger partial charge in [0.1, 0.15) is 30.2 Å². The SMILES string of the molecule is COc1cc2nc(C)nc(N[C@H](C)c3cccc(C(F)(F)CO)c3F)c2cc1OC(C)[C@@H]1CCCO1. The monoisotopic (exact) mass is 505 g/mol. The van der Waals surface area contributed by atoms with Crippen LogP contribution < -0.4 is 14.8 Å². The van der Waals surface area contributed by atoms with Crippen LogP contribution in [0.25, 0.3) is 10.9 Å². The molecule has 0 aliphatic carbocycles. The first-order chi connectivity index (χ1) is 17.1. The van der Waals surface area contributed by atoms with Gasteiger partial charge in [0.25, 0.3) is 5.92 Å². The summed E-state index contributed by atoms with van der Waals surface area (Å²) in [5.41, 5.74) is -0.266. The van der Waals surface area contributed by atoms with Crippen molar-refractivity contribution in [3.05, 3.63) is 53.1 Å². The van der Waals surface area contributed by atoms with E-state index in [9.17, 15) is 8.78 Å². The molecular formula is C26H30F3N3O4. The van der Waals surface area contributed by atoms with Crippen molar-refractivity contribution in [3.8, 4) is 11.5 Å². The lowest BCUT2D eigenvalue weighted by atomic mass is 10.00. The van der Waals surface area contributed by atoms with Gasteiger partial charge in [0.15, 0.2) is 11.5 Å². The van der Waals surface area contributed by atoms with Gasteiger partial charge in [0.05, 0.1) is 30.3 Å². The number of rotatable bonds is 9. The minimum absolute atomic E-state index is 0.0158. The number of aliphatic hydroxyl groups excluding tert-OH is 1. The summed E-state index contributed by atoms with van der Waals surface area (Å²) >= 11 is 0. The number of anilines is 1. The second kappa shape index (κ2) is 10.5. The van der Waals surface area contributed by atoms with E-state index in [1.54, 1.807) is 26.0 Å². The first-order valence-corrected chi connectivity index (χ1v) is 11.8. The molecule has 1 fully saturated rings. The van der Waals surface area contributed by atoms with Crippen LogP contribution in [0.15, 0.2) is 30.3 Å². The number of aryl methyl sites for hydroxylation is 1. The van der Waals surface area contributed by atoms with Gasteiger partial charge in [-0.15, -0.1) is 0 Å². The molecule has 1 saturated heterocycles. The van der Waals surface area contributed by atoms with E-state index in [4.69, 9.17) is 19.3 Å². The number of benzene rings is 2. The summed E-state index contributed by atoms with van der Waals surface area (Å²) in [5.74, 6) is -2.95. The zero-order chi connectivity index (χ0) is 26.0. The second-order valence-corrected chi connectivity index (χ2v) is 8.95. The highest BCUT2D eigenvalue weighted by Crippen LogP contribution is 2.38. The topological polar surface area (TPSA) is 85.7 Å². The van der Waals surface area contributed by atoms with E-state index < -0.39 is 30.0 Å².